The highest BCUT2D eigenvalue weighted by atomic mass is 32.1. The van der Waals surface area contributed by atoms with Crippen LogP contribution in [-0.4, -0.2) is 62.6 Å². The van der Waals surface area contributed by atoms with E-state index in [1.165, 1.54) is 43.0 Å². The number of anilines is 2. The molecule has 2 aliphatic heterocycles. The zero-order valence-corrected chi connectivity index (χ0v) is 29.5. The molecule has 8 nitrogen and oxygen atoms in total. The molecule has 1 saturated carbocycles. The minimum absolute atomic E-state index is 0.0531. The average molecular weight is 675 g/mol. The van der Waals surface area contributed by atoms with Crippen molar-refractivity contribution in [1.82, 2.24) is 19.9 Å². The number of carboxylic acid groups (broad SMARTS) is 1. The first-order chi connectivity index (χ1) is 23.3. The zero-order valence-electron chi connectivity index (χ0n) is 28.7. The van der Waals surface area contributed by atoms with Crippen LogP contribution in [0.2, 0.25) is 0 Å². The van der Waals surface area contributed by atoms with Gasteiger partial charge in [-0.1, -0.05) is 25.5 Å². The maximum atomic E-state index is 14.3. The third kappa shape index (κ3) is 6.97. The predicted molar refractivity (Wildman–Crippen MR) is 189 cm³/mol. The number of carboxylic acids is 1. The number of aryl methyl sites for hydroxylation is 2. The SMILES string of the molecule is CC[C@H](C1CCC(C(=O)O)CC1)N(C)c1nc2c(c(N[C@@H](CN3C4CCCC3CC4)c3cnc(C)s3)n1)C[C@H](c1cccc(F)c1)CC2. The number of halogens is 1. The lowest BCUT2D eigenvalue weighted by Gasteiger charge is -2.39. The summed E-state index contributed by atoms with van der Waals surface area (Å²) in [5, 5.41) is 14.7. The lowest BCUT2D eigenvalue weighted by Crippen LogP contribution is -2.43. The van der Waals surface area contributed by atoms with Gasteiger partial charge in [0.05, 0.1) is 22.7 Å². The van der Waals surface area contributed by atoms with Crippen LogP contribution < -0.4 is 10.2 Å². The van der Waals surface area contributed by atoms with Crippen molar-refractivity contribution in [3.05, 3.63) is 63.0 Å². The summed E-state index contributed by atoms with van der Waals surface area (Å²) in [6.07, 6.45) is 15.3. The molecule has 4 heterocycles. The predicted octanol–water partition coefficient (Wildman–Crippen LogP) is 7.93. The molecule has 7 rings (SSSR count). The second kappa shape index (κ2) is 14.4. The molecule has 258 valence electrons. The van der Waals surface area contributed by atoms with Crippen molar-refractivity contribution in [3.63, 3.8) is 0 Å². The van der Waals surface area contributed by atoms with Gasteiger partial charge in [0.15, 0.2) is 0 Å². The first-order valence-electron chi connectivity index (χ1n) is 18.3. The monoisotopic (exact) mass is 674 g/mol. The van der Waals surface area contributed by atoms with E-state index in [0.29, 0.717) is 18.0 Å². The summed E-state index contributed by atoms with van der Waals surface area (Å²) in [7, 11) is 2.12. The van der Waals surface area contributed by atoms with Crippen LogP contribution >= 0.6 is 11.3 Å². The smallest absolute Gasteiger partial charge is 0.306 e. The lowest BCUT2D eigenvalue weighted by molar-refractivity contribution is -0.143. The molecule has 1 aromatic carbocycles. The maximum Gasteiger partial charge on any atom is 0.306 e. The van der Waals surface area contributed by atoms with Crippen LogP contribution in [0, 0.1) is 24.6 Å². The number of fused-ring (bicyclic) bond motifs is 3. The van der Waals surface area contributed by atoms with Crippen molar-refractivity contribution in [2.75, 3.05) is 23.8 Å². The Labute approximate surface area is 288 Å². The minimum atomic E-state index is -0.664. The number of thiazole rings is 1. The molecule has 0 spiro atoms. The lowest BCUT2D eigenvalue weighted by atomic mass is 9.77. The standard InChI is InChI=1S/C38H51FN6O2S/c1-4-34(24-11-13-25(14-12-24)37(46)47)44(3)38-42-32-18-15-27(26-7-5-8-28(39)19-26)20-31(32)36(43-38)41-33(35-21-40-23(2)48-35)22-45-29-9-6-10-30(45)17-16-29/h5,7-8,19,21,24-25,27,29-30,33-34H,4,6,9-18,20,22H2,1-3H3,(H,46,47)(H,41,42,43)/t24?,25?,27-,29?,30?,33+,34-/m1/s1. The summed E-state index contributed by atoms with van der Waals surface area (Å²) in [4.78, 5) is 33.2. The van der Waals surface area contributed by atoms with Crippen molar-refractivity contribution in [2.24, 2.45) is 11.8 Å². The van der Waals surface area contributed by atoms with E-state index in [1.807, 2.05) is 12.3 Å². The first-order valence-corrected chi connectivity index (χ1v) is 19.1. The van der Waals surface area contributed by atoms with Gasteiger partial charge in [0.25, 0.3) is 0 Å². The van der Waals surface area contributed by atoms with Crippen molar-refractivity contribution >= 4 is 29.1 Å². The van der Waals surface area contributed by atoms with Crippen molar-refractivity contribution < 1.29 is 14.3 Å². The quantitative estimate of drug-likeness (QED) is 0.212. The van der Waals surface area contributed by atoms with Gasteiger partial charge in [0.2, 0.25) is 5.95 Å². The molecule has 0 amide bonds. The van der Waals surface area contributed by atoms with E-state index < -0.39 is 5.97 Å². The van der Waals surface area contributed by atoms with Gasteiger partial charge >= 0.3 is 5.97 Å². The van der Waals surface area contributed by atoms with Crippen LogP contribution in [0.1, 0.15) is 116 Å². The van der Waals surface area contributed by atoms with E-state index in [0.717, 1.165) is 91.5 Å². The van der Waals surface area contributed by atoms with Gasteiger partial charge in [-0.05, 0) is 114 Å². The highest BCUT2D eigenvalue weighted by Crippen LogP contribution is 2.41. The fourth-order valence-corrected chi connectivity index (χ4v) is 10.2. The Kier molecular flexibility index (Phi) is 10.0. The Morgan fingerprint density at radius 2 is 1.88 bits per heavy atom. The number of nitrogens with one attached hydrogen (secondary N) is 1. The normalized spacial score (nSPS) is 26.9. The van der Waals surface area contributed by atoms with Crippen LogP contribution in [0.15, 0.2) is 30.5 Å². The molecule has 2 saturated heterocycles. The van der Waals surface area contributed by atoms with Crippen LogP contribution in [0.3, 0.4) is 0 Å². The molecule has 4 aliphatic rings. The molecule has 2 aromatic heterocycles. The third-order valence-corrected chi connectivity index (χ3v) is 13.0. The molecular weight excluding hydrogens is 624 g/mol. The summed E-state index contributed by atoms with van der Waals surface area (Å²) in [5.74, 6) is 1.17. The molecule has 2 unspecified atom stereocenters. The maximum absolute atomic E-state index is 14.3. The van der Waals surface area contributed by atoms with Crippen LogP contribution in [0.4, 0.5) is 16.2 Å². The van der Waals surface area contributed by atoms with E-state index in [1.54, 1.807) is 17.4 Å². The van der Waals surface area contributed by atoms with Crippen LogP contribution in [0.25, 0.3) is 0 Å². The Balaban J connectivity index is 1.22. The van der Waals surface area contributed by atoms with Crippen LogP contribution in [-0.2, 0) is 17.6 Å². The number of aromatic nitrogens is 3. The second-order valence-electron chi connectivity index (χ2n) is 14.8. The number of hydrogen-bond acceptors (Lipinski definition) is 8. The molecular formula is C38H51FN6O2S. The molecule has 10 heteroatoms. The molecule has 3 fully saturated rings. The highest BCUT2D eigenvalue weighted by molar-refractivity contribution is 7.11. The molecule has 0 radical (unpaired) electrons. The summed E-state index contributed by atoms with van der Waals surface area (Å²) in [5.41, 5.74) is 3.27. The fourth-order valence-electron chi connectivity index (χ4n) is 9.39. The topological polar surface area (TPSA) is 94.5 Å². The Morgan fingerprint density at radius 1 is 1.10 bits per heavy atom. The minimum Gasteiger partial charge on any atom is -0.481 e. The molecule has 2 N–H and O–H groups in total. The van der Waals surface area contributed by atoms with Gasteiger partial charge in [-0.2, -0.15) is 4.98 Å². The highest BCUT2D eigenvalue weighted by Gasteiger charge is 2.39. The van der Waals surface area contributed by atoms with Gasteiger partial charge < -0.3 is 15.3 Å². The molecule has 48 heavy (non-hydrogen) atoms. The van der Waals surface area contributed by atoms with E-state index in [4.69, 9.17) is 9.97 Å². The van der Waals surface area contributed by atoms with Crippen molar-refractivity contribution in [1.29, 1.82) is 0 Å². The largest absolute Gasteiger partial charge is 0.481 e. The van der Waals surface area contributed by atoms with Crippen molar-refractivity contribution in [2.45, 2.75) is 127 Å². The van der Waals surface area contributed by atoms with Gasteiger partial charge in [0.1, 0.15) is 11.6 Å². The molecule has 2 aliphatic carbocycles. The van der Waals surface area contributed by atoms with Gasteiger partial charge in [-0.15, -0.1) is 11.3 Å². The van der Waals surface area contributed by atoms with E-state index in [-0.39, 0.29) is 29.7 Å². The Morgan fingerprint density at radius 3 is 2.54 bits per heavy atom. The summed E-state index contributed by atoms with van der Waals surface area (Å²) < 4.78 is 14.3. The Hall–Kier alpha value is -3.11. The summed E-state index contributed by atoms with van der Waals surface area (Å²) >= 11 is 1.77. The fraction of sp³-hybridized carbons (Fsp3) is 0.632. The van der Waals surface area contributed by atoms with E-state index >= 15 is 0 Å². The number of nitrogens with zero attached hydrogens (tertiary/aromatic N) is 5. The molecule has 5 atom stereocenters. The number of aliphatic carboxylic acids is 1. The second-order valence-corrected chi connectivity index (χ2v) is 16.1. The summed E-state index contributed by atoms with van der Waals surface area (Å²) in [6.45, 7) is 5.23. The Bertz CT molecular complexity index is 1570. The van der Waals surface area contributed by atoms with E-state index in [2.05, 4.69) is 47.1 Å². The molecule has 3 aromatic rings. The van der Waals surface area contributed by atoms with Gasteiger partial charge in [0, 0.05) is 48.4 Å². The number of benzene rings is 1. The van der Waals surface area contributed by atoms with E-state index in [9.17, 15) is 14.3 Å². The van der Waals surface area contributed by atoms with Gasteiger partial charge in [-0.3, -0.25) is 9.69 Å². The number of rotatable bonds is 11. The van der Waals surface area contributed by atoms with Crippen molar-refractivity contribution in [3.8, 4) is 0 Å². The van der Waals surface area contributed by atoms with Crippen LogP contribution in [0.5, 0.6) is 0 Å². The number of hydrogen-bond donors (Lipinski definition) is 2. The summed E-state index contributed by atoms with van der Waals surface area (Å²) in [6, 6.07) is 8.67. The first kappa shape index (κ1) is 33.4. The zero-order chi connectivity index (χ0) is 33.4. The molecule has 2 bridgehead atoms. The average Bonchev–Trinajstić information content (AvgIpc) is 3.61. The number of piperidine rings is 1. The van der Waals surface area contributed by atoms with Gasteiger partial charge in [-0.25, -0.2) is 14.4 Å². The number of carbonyl (C=O) groups is 1. The third-order valence-electron chi connectivity index (χ3n) is 12.0.